The van der Waals surface area contributed by atoms with Crippen molar-refractivity contribution in [2.75, 3.05) is 12.3 Å². The molecule has 2 N–H and O–H groups in total. The number of hydrogen-bond donors (Lipinski definition) is 1. The highest BCUT2D eigenvalue weighted by molar-refractivity contribution is 5.71. The fourth-order valence-corrected chi connectivity index (χ4v) is 1.66. The summed E-state index contributed by atoms with van der Waals surface area (Å²) in [7, 11) is 0. The van der Waals surface area contributed by atoms with Gasteiger partial charge in [0.15, 0.2) is 0 Å². The second-order valence-electron chi connectivity index (χ2n) is 3.81. The van der Waals surface area contributed by atoms with E-state index in [0.29, 0.717) is 5.82 Å². The third-order valence-corrected chi connectivity index (χ3v) is 2.44. The summed E-state index contributed by atoms with van der Waals surface area (Å²) in [6, 6.07) is 11.8. The van der Waals surface area contributed by atoms with Crippen molar-refractivity contribution in [1.82, 2.24) is 4.98 Å². The van der Waals surface area contributed by atoms with E-state index >= 15 is 0 Å². The summed E-state index contributed by atoms with van der Waals surface area (Å²) in [6.07, 6.45) is 2.70. The van der Waals surface area contributed by atoms with Gasteiger partial charge in [-0.25, -0.2) is 4.98 Å². The molecule has 3 nitrogen and oxygen atoms in total. The van der Waals surface area contributed by atoms with Gasteiger partial charge in [-0.1, -0.05) is 25.1 Å². The van der Waals surface area contributed by atoms with E-state index in [-0.39, 0.29) is 0 Å². The van der Waals surface area contributed by atoms with Crippen LogP contribution in [0.2, 0.25) is 0 Å². The topological polar surface area (TPSA) is 48.1 Å². The molecule has 1 aromatic heterocycles. The highest BCUT2D eigenvalue weighted by atomic mass is 16.5. The molecule has 88 valence electrons. The minimum atomic E-state index is 0.521. The molecule has 0 aliphatic carbocycles. The molecule has 0 unspecified atom stereocenters. The first-order valence-corrected chi connectivity index (χ1v) is 5.75. The first-order chi connectivity index (χ1) is 8.31. The zero-order chi connectivity index (χ0) is 12.1. The van der Waals surface area contributed by atoms with Gasteiger partial charge in [0.1, 0.15) is 11.6 Å². The van der Waals surface area contributed by atoms with Gasteiger partial charge in [0.2, 0.25) is 0 Å². The molecule has 0 saturated heterocycles. The standard InChI is InChI=1S/C14H16N2O/c1-2-9-17-13-6-4-3-5-12(13)11-7-8-16-14(15)10-11/h3-8,10H,2,9H2,1H3,(H2,15,16). The molecule has 1 heterocycles. The summed E-state index contributed by atoms with van der Waals surface area (Å²) in [5, 5.41) is 0. The van der Waals surface area contributed by atoms with Gasteiger partial charge >= 0.3 is 0 Å². The molecule has 0 aliphatic rings. The molecule has 0 atom stereocenters. The Bertz CT molecular complexity index is 497. The average molecular weight is 228 g/mol. The predicted octanol–water partition coefficient (Wildman–Crippen LogP) is 3.12. The number of ether oxygens (including phenoxy) is 1. The SMILES string of the molecule is CCCOc1ccccc1-c1ccnc(N)c1. The second kappa shape index (κ2) is 5.34. The van der Waals surface area contributed by atoms with Gasteiger partial charge < -0.3 is 10.5 Å². The van der Waals surface area contributed by atoms with E-state index in [9.17, 15) is 0 Å². The molecule has 0 amide bonds. The van der Waals surface area contributed by atoms with Crippen LogP contribution in [0.4, 0.5) is 5.82 Å². The van der Waals surface area contributed by atoms with E-state index in [2.05, 4.69) is 11.9 Å². The second-order valence-corrected chi connectivity index (χ2v) is 3.81. The lowest BCUT2D eigenvalue weighted by atomic mass is 10.1. The molecule has 3 heteroatoms. The number of anilines is 1. The zero-order valence-corrected chi connectivity index (χ0v) is 9.89. The summed E-state index contributed by atoms with van der Waals surface area (Å²) in [5.41, 5.74) is 7.78. The first kappa shape index (κ1) is 11.5. The van der Waals surface area contributed by atoms with Crippen molar-refractivity contribution in [2.24, 2.45) is 0 Å². The third-order valence-electron chi connectivity index (χ3n) is 2.44. The molecule has 0 fully saturated rings. The quantitative estimate of drug-likeness (QED) is 0.874. The van der Waals surface area contributed by atoms with Crippen LogP contribution in [0.25, 0.3) is 11.1 Å². The minimum absolute atomic E-state index is 0.521. The normalized spacial score (nSPS) is 10.2. The monoisotopic (exact) mass is 228 g/mol. The largest absolute Gasteiger partial charge is 0.493 e. The molecule has 0 aliphatic heterocycles. The van der Waals surface area contributed by atoms with Crippen molar-refractivity contribution in [3.05, 3.63) is 42.6 Å². The summed E-state index contributed by atoms with van der Waals surface area (Å²) in [5.74, 6) is 1.41. The van der Waals surface area contributed by atoms with Crippen molar-refractivity contribution < 1.29 is 4.74 Å². The molecule has 0 bridgehead atoms. The van der Waals surface area contributed by atoms with Gasteiger partial charge in [-0.3, -0.25) is 0 Å². The van der Waals surface area contributed by atoms with Crippen molar-refractivity contribution in [3.8, 4) is 16.9 Å². The Hall–Kier alpha value is -2.03. The van der Waals surface area contributed by atoms with Crippen LogP contribution >= 0.6 is 0 Å². The summed E-state index contributed by atoms with van der Waals surface area (Å²) >= 11 is 0. The molecular weight excluding hydrogens is 212 g/mol. The Labute approximate surface area is 101 Å². The Morgan fingerprint density at radius 2 is 2.06 bits per heavy atom. The van der Waals surface area contributed by atoms with E-state index in [4.69, 9.17) is 10.5 Å². The Balaban J connectivity index is 2.37. The van der Waals surface area contributed by atoms with E-state index < -0.39 is 0 Å². The molecule has 2 rings (SSSR count). The number of aromatic nitrogens is 1. The number of hydrogen-bond acceptors (Lipinski definition) is 3. The predicted molar refractivity (Wildman–Crippen MR) is 69.9 cm³/mol. The highest BCUT2D eigenvalue weighted by Gasteiger charge is 2.05. The number of para-hydroxylation sites is 1. The summed E-state index contributed by atoms with van der Waals surface area (Å²) in [6.45, 7) is 2.81. The van der Waals surface area contributed by atoms with Gasteiger partial charge in [0, 0.05) is 11.8 Å². The molecule has 2 aromatic rings. The number of rotatable bonds is 4. The number of nitrogens with two attached hydrogens (primary N) is 1. The van der Waals surface area contributed by atoms with Gasteiger partial charge in [-0.05, 0) is 30.2 Å². The Morgan fingerprint density at radius 1 is 1.24 bits per heavy atom. The molecule has 0 saturated carbocycles. The molecule has 0 spiro atoms. The van der Waals surface area contributed by atoms with Crippen molar-refractivity contribution in [3.63, 3.8) is 0 Å². The van der Waals surface area contributed by atoms with Gasteiger partial charge in [0.25, 0.3) is 0 Å². The van der Waals surface area contributed by atoms with Crippen LogP contribution in [0.3, 0.4) is 0 Å². The third kappa shape index (κ3) is 2.75. The van der Waals surface area contributed by atoms with Crippen LogP contribution in [0.1, 0.15) is 13.3 Å². The molecule has 0 radical (unpaired) electrons. The lowest BCUT2D eigenvalue weighted by molar-refractivity contribution is 0.318. The van der Waals surface area contributed by atoms with E-state index in [1.54, 1.807) is 6.20 Å². The summed E-state index contributed by atoms with van der Waals surface area (Å²) in [4.78, 5) is 3.99. The maximum absolute atomic E-state index is 5.72. The van der Waals surface area contributed by atoms with Gasteiger partial charge in [-0.15, -0.1) is 0 Å². The summed E-state index contributed by atoms with van der Waals surface area (Å²) < 4.78 is 5.72. The lowest BCUT2D eigenvalue weighted by Crippen LogP contribution is -1.97. The molecule has 17 heavy (non-hydrogen) atoms. The first-order valence-electron chi connectivity index (χ1n) is 5.75. The zero-order valence-electron chi connectivity index (χ0n) is 9.89. The fraction of sp³-hybridized carbons (Fsp3) is 0.214. The maximum atomic E-state index is 5.72. The van der Waals surface area contributed by atoms with E-state index in [0.717, 1.165) is 29.9 Å². The van der Waals surface area contributed by atoms with Crippen molar-refractivity contribution in [1.29, 1.82) is 0 Å². The van der Waals surface area contributed by atoms with Crippen LogP contribution in [-0.2, 0) is 0 Å². The average Bonchev–Trinajstić information content (AvgIpc) is 2.37. The van der Waals surface area contributed by atoms with Crippen LogP contribution in [-0.4, -0.2) is 11.6 Å². The minimum Gasteiger partial charge on any atom is -0.493 e. The lowest BCUT2D eigenvalue weighted by Gasteiger charge is -2.10. The van der Waals surface area contributed by atoms with Crippen molar-refractivity contribution in [2.45, 2.75) is 13.3 Å². The number of pyridine rings is 1. The van der Waals surface area contributed by atoms with E-state index in [1.807, 2.05) is 36.4 Å². The fourth-order valence-electron chi connectivity index (χ4n) is 1.66. The Morgan fingerprint density at radius 3 is 2.82 bits per heavy atom. The van der Waals surface area contributed by atoms with Crippen LogP contribution in [0, 0.1) is 0 Å². The number of nitrogens with zero attached hydrogens (tertiary/aromatic N) is 1. The molecular formula is C14H16N2O. The van der Waals surface area contributed by atoms with Gasteiger partial charge in [-0.2, -0.15) is 0 Å². The van der Waals surface area contributed by atoms with Crippen LogP contribution < -0.4 is 10.5 Å². The van der Waals surface area contributed by atoms with Crippen LogP contribution in [0.15, 0.2) is 42.6 Å². The maximum Gasteiger partial charge on any atom is 0.127 e. The van der Waals surface area contributed by atoms with Gasteiger partial charge in [0.05, 0.1) is 6.61 Å². The molecule has 1 aromatic carbocycles. The van der Waals surface area contributed by atoms with Crippen LogP contribution in [0.5, 0.6) is 5.75 Å². The number of benzene rings is 1. The smallest absolute Gasteiger partial charge is 0.127 e. The Kier molecular flexibility index (Phi) is 3.60. The van der Waals surface area contributed by atoms with E-state index in [1.165, 1.54) is 0 Å². The number of nitrogen functional groups attached to an aromatic ring is 1. The highest BCUT2D eigenvalue weighted by Crippen LogP contribution is 2.30. The van der Waals surface area contributed by atoms with Crippen molar-refractivity contribution >= 4 is 5.82 Å².